The van der Waals surface area contributed by atoms with Crippen LogP contribution in [0.5, 0.6) is 5.75 Å². The van der Waals surface area contributed by atoms with Gasteiger partial charge in [-0.25, -0.2) is 0 Å². The van der Waals surface area contributed by atoms with Gasteiger partial charge in [-0.15, -0.1) is 0 Å². The summed E-state index contributed by atoms with van der Waals surface area (Å²) in [4.78, 5) is 14.1. The molecule has 0 unspecified atom stereocenters. The molecule has 1 atom stereocenters. The number of amides is 1. The van der Waals surface area contributed by atoms with Gasteiger partial charge in [0.05, 0.1) is 19.3 Å². The lowest BCUT2D eigenvalue weighted by Crippen LogP contribution is -2.35. The molecule has 128 valence electrons. The van der Waals surface area contributed by atoms with E-state index in [1.54, 1.807) is 13.3 Å². The number of hydrogen-bond donors (Lipinski definition) is 1. The van der Waals surface area contributed by atoms with Crippen molar-refractivity contribution in [2.45, 2.75) is 38.8 Å². The smallest absolute Gasteiger partial charge is 0.227 e. The van der Waals surface area contributed by atoms with Gasteiger partial charge in [-0.1, -0.05) is 0 Å². The van der Waals surface area contributed by atoms with Crippen LogP contribution in [0.15, 0.2) is 36.7 Å². The fourth-order valence-electron chi connectivity index (χ4n) is 3.07. The Morgan fingerprint density at radius 2 is 2.25 bits per heavy atom. The van der Waals surface area contributed by atoms with E-state index in [0.717, 1.165) is 43.1 Å². The molecular weight excluding hydrogens is 304 g/mol. The van der Waals surface area contributed by atoms with Crippen LogP contribution in [-0.2, 0) is 11.3 Å². The van der Waals surface area contributed by atoms with Crippen molar-refractivity contribution in [3.05, 3.63) is 36.7 Å². The second kappa shape index (κ2) is 7.38. The van der Waals surface area contributed by atoms with Crippen molar-refractivity contribution in [3.63, 3.8) is 0 Å². The summed E-state index contributed by atoms with van der Waals surface area (Å²) in [6, 6.07) is 8.03. The number of hydrogen-bond acceptors (Lipinski definition) is 4. The van der Waals surface area contributed by atoms with Gasteiger partial charge in [-0.2, -0.15) is 5.10 Å². The highest BCUT2D eigenvalue weighted by atomic mass is 16.5. The topological polar surface area (TPSA) is 59.4 Å². The summed E-state index contributed by atoms with van der Waals surface area (Å²) in [6.45, 7) is 3.64. The highest BCUT2D eigenvalue weighted by Crippen LogP contribution is 2.33. The fraction of sp³-hybridized carbons (Fsp3) is 0.444. The predicted octanol–water partition coefficient (Wildman–Crippen LogP) is 2.91. The van der Waals surface area contributed by atoms with E-state index in [9.17, 15) is 4.79 Å². The van der Waals surface area contributed by atoms with E-state index >= 15 is 0 Å². The third-order valence-electron chi connectivity index (χ3n) is 4.23. The van der Waals surface area contributed by atoms with Gasteiger partial charge in [0.2, 0.25) is 5.91 Å². The van der Waals surface area contributed by atoms with Crippen molar-refractivity contribution < 1.29 is 9.53 Å². The number of piperidine rings is 1. The van der Waals surface area contributed by atoms with Gasteiger partial charge < -0.3 is 15.0 Å². The minimum atomic E-state index is 0.168. The Morgan fingerprint density at radius 3 is 2.96 bits per heavy atom. The number of anilines is 2. The van der Waals surface area contributed by atoms with E-state index in [4.69, 9.17) is 4.74 Å². The second-order valence-electron chi connectivity index (χ2n) is 6.16. The molecule has 1 amide bonds. The molecule has 0 bridgehead atoms. The highest BCUT2D eigenvalue weighted by molar-refractivity contribution is 5.96. The molecule has 0 radical (unpaired) electrons. The van der Waals surface area contributed by atoms with Crippen molar-refractivity contribution >= 4 is 17.3 Å². The van der Waals surface area contributed by atoms with Crippen LogP contribution in [-0.4, -0.2) is 35.4 Å². The van der Waals surface area contributed by atoms with E-state index < -0.39 is 0 Å². The van der Waals surface area contributed by atoms with Gasteiger partial charge in [0.1, 0.15) is 5.75 Å². The van der Waals surface area contributed by atoms with Crippen LogP contribution in [0.2, 0.25) is 0 Å². The Bertz CT molecular complexity index is 684. The number of rotatable bonds is 6. The minimum Gasteiger partial charge on any atom is -0.495 e. The van der Waals surface area contributed by atoms with Crippen molar-refractivity contribution in [3.8, 4) is 5.75 Å². The van der Waals surface area contributed by atoms with Crippen LogP contribution in [0.25, 0.3) is 0 Å². The SMILES string of the molecule is COc1ccc(N[C@H](C)Cn2cccn2)cc1N1CCCCC1=O. The van der Waals surface area contributed by atoms with Gasteiger partial charge in [-0.3, -0.25) is 9.48 Å². The molecule has 1 N–H and O–H groups in total. The maximum Gasteiger partial charge on any atom is 0.227 e. The largest absolute Gasteiger partial charge is 0.495 e. The molecule has 1 aliphatic heterocycles. The molecule has 24 heavy (non-hydrogen) atoms. The molecule has 0 spiro atoms. The third kappa shape index (κ3) is 3.69. The molecule has 0 saturated carbocycles. The summed E-state index contributed by atoms with van der Waals surface area (Å²) >= 11 is 0. The van der Waals surface area contributed by atoms with Gasteiger partial charge >= 0.3 is 0 Å². The first-order chi connectivity index (χ1) is 11.7. The lowest BCUT2D eigenvalue weighted by molar-refractivity contribution is -0.119. The maximum atomic E-state index is 12.2. The number of nitrogens with one attached hydrogen (secondary N) is 1. The van der Waals surface area contributed by atoms with Gasteiger partial charge in [0, 0.05) is 37.1 Å². The summed E-state index contributed by atoms with van der Waals surface area (Å²) in [6.07, 6.45) is 6.33. The van der Waals surface area contributed by atoms with Crippen LogP contribution in [0.4, 0.5) is 11.4 Å². The standard InChI is InChI=1S/C18H24N4O2/c1-14(13-21-10-5-9-19-21)20-15-7-8-17(24-2)16(12-15)22-11-4-3-6-18(22)23/h5,7-10,12,14,20H,3-4,6,11,13H2,1-2H3/t14-/m1/s1. The first kappa shape index (κ1) is 16.4. The lowest BCUT2D eigenvalue weighted by Gasteiger charge is -2.29. The molecule has 1 fully saturated rings. The van der Waals surface area contributed by atoms with Crippen molar-refractivity contribution in [2.75, 3.05) is 23.9 Å². The Balaban J connectivity index is 1.76. The van der Waals surface area contributed by atoms with E-state index in [2.05, 4.69) is 17.3 Å². The number of carbonyl (C=O) groups is 1. The number of methoxy groups -OCH3 is 1. The zero-order valence-corrected chi connectivity index (χ0v) is 14.2. The Kier molecular flexibility index (Phi) is 5.03. The second-order valence-corrected chi connectivity index (χ2v) is 6.16. The van der Waals surface area contributed by atoms with Gasteiger partial charge in [-0.05, 0) is 44.0 Å². The van der Waals surface area contributed by atoms with Crippen molar-refractivity contribution in [1.82, 2.24) is 9.78 Å². The molecule has 2 aromatic rings. The summed E-state index contributed by atoms with van der Waals surface area (Å²) in [7, 11) is 1.64. The van der Waals surface area contributed by atoms with Gasteiger partial charge in [0.25, 0.3) is 0 Å². The van der Waals surface area contributed by atoms with Crippen LogP contribution >= 0.6 is 0 Å². The molecule has 3 rings (SSSR count). The maximum absolute atomic E-state index is 12.2. The zero-order chi connectivity index (χ0) is 16.9. The lowest BCUT2D eigenvalue weighted by atomic mass is 10.1. The normalized spacial score (nSPS) is 16.1. The summed E-state index contributed by atoms with van der Waals surface area (Å²) < 4.78 is 7.36. The Hall–Kier alpha value is -2.50. The van der Waals surface area contributed by atoms with Crippen LogP contribution < -0.4 is 15.0 Å². The predicted molar refractivity (Wildman–Crippen MR) is 94.5 cm³/mol. The number of carbonyl (C=O) groups excluding carboxylic acids is 1. The minimum absolute atomic E-state index is 0.168. The van der Waals surface area contributed by atoms with E-state index in [-0.39, 0.29) is 11.9 Å². The van der Waals surface area contributed by atoms with E-state index in [0.29, 0.717) is 6.42 Å². The number of aromatic nitrogens is 2. The molecule has 0 aliphatic carbocycles. The quantitative estimate of drug-likeness (QED) is 0.886. The van der Waals surface area contributed by atoms with Crippen LogP contribution in [0, 0.1) is 0 Å². The van der Waals surface area contributed by atoms with Crippen molar-refractivity contribution in [2.24, 2.45) is 0 Å². The highest BCUT2D eigenvalue weighted by Gasteiger charge is 2.23. The third-order valence-corrected chi connectivity index (χ3v) is 4.23. The first-order valence-corrected chi connectivity index (χ1v) is 8.40. The number of nitrogens with zero attached hydrogens (tertiary/aromatic N) is 3. The van der Waals surface area contributed by atoms with Crippen LogP contribution in [0.3, 0.4) is 0 Å². The molecule has 2 heterocycles. The molecular formula is C18H24N4O2. The average molecular weight is 328 g/mol. The number of benzene rings is 1. The molecule has 1 aromatic carbocycles. The Labute approximate surface area is 142 Å². The summed E-state index contributed by atoms with van der Waals surface area (Å²) in [5.74, 6) is 0.900. The monoisotopic (exact) mass is 328 g/mol. The van der Waals surface area contributed by atoms with Crippen molar-refractivity contribution in [1.29, 1.82) is 0 Å². The summed E-state index contributed by atoms with van der Waals surface area (Å²) in [5.41, 5.74) is 1.82. The van der Waals surface area contributed by atoms with E-state index in [1.807, 2.05) is 40.0 Å². The zero-order valence-electron chi connectivity index (χ0n) is 14.2. The molecule has 1 aliphatic rings. The first-order valence-electron chi connectivity index (χ1n) is 8.40. The fourth-order valence-corrected chi connectivity index (χ4v) is 3.07. The average Bonchev–Trinajstić information content (AvgIpc) is 3.08. The summed E-state index contributed by atoms with van der Waals surface area (Å²) in [5, 5.41) is 7.70. The van der Waals surface area contributed by atoms with Gasteiger partial charge in [0.15, 0.2) is 0 Å². The molecule has 6 heteroatoms. The van der Waals surface area contributed by atoms with Crippen LogP contribution in [0.1, 0.15) is 26.2 Å². The molecule has 1 saturated heterocycles. The Morgan fingerprint density at radius 1 is 1.38 bits per heavy atom. The molecule has 6 nitrogen and oxygen atoms in total. The van der Waals surface area contributed by atoms with E-state index in [1.165, 1.54) is 0 Å². The molecule has 1 aromatic heterocycles. The number of ether oxygens (including phenoxy) is 1.